The van der Waals surface area contributed by atoms with Crippen LogP contribution in [0.15, 0.2) is 23.1 Å². The Morgan fingerprint density at radius 1 is 1.32 bits per heavy atom. The van der Waals surface area contributed by atoms with E-state index in [4.69, 9.17) is 4.74 Å². The van der Waals surface area contributed by atoms with E-state index in [-0.39, 0.29) is 22.0 Å². The summed E-state index contributed by atoms with van der Waals surface area (Å²) in [7, 11) is -1.48. The van der Waals surface area contributed by atoms with Crippen LogP contribution < -0.4 is 10.5 Å². The van der Waals surface area contributed by atoms with E-state index in [1.54, 1.807) is 25.9 Å². The summed E-state index contributed by atoms with van der Waals surface area (Å²) in [4.78, 5) is 32.6. The van der Waals surface area contributed by atoms with Crippen molar-refractivity contribution in [2.45, 2.75) is 44.1 Å². The maximum absolute atomic E-state index is 12.2. The zero-order valence-corrected chi connectivity index (χ0v) is 15.2. The fourth-order valence-corrected chi connectivity index (χ4v) is 3.07. The van der Waals surface area contributed by atoms with Crippen LogP contribution in [0.5, 0.6) is 0 Å². The Hall–Kier alpha value is -2.36. The minimum absolute atomic E-state index is 0.0101. The van der Waals surface area contributed by atoms with Crippen molar-refractivity contribution in [2.24, 2.45) is 0 Å². The van der Waals surface area contributed by atoms with Crippen molar-refractivity contribution in [2.75, 3.05) is 12.3 Å². The molecule has 1 unspecified atom stereocenters. The lowest BCUT2D eigenvalue weighted by Crippen LogP contribution is -2.55. The molecule has 0 bridgehead atoms. The number of alkyl carbamates (subject to hydrolysis) is 1. The number of nitroso groups, excluding NO2 is 1. The van der Waals surface area contributed by atoms with Crippen LogP contribution in [-0.2, 0) is 15.5 Å². The molecule has 0 saturated heterocycles. The SMILES string of the molecule is CC(C)(C)OC(=O)NCCCCS(=O)c1cc([NH+]=O)cc([N+](=O)[O-])c1. The minimum Gasteiger partial charge on any atom is -0.444 e. The standard InChI is InChI=1S/C15H21N3O6S/c1-15(2,3)24-14(19)16-6-4-5-7-25(23)13-9-11(17-20)8-12(10-13)18(21)22/h8-10H,4-7H2,1-3H3,(H,16,19)/p+1. The van der Waals surface area contributed by atoms with E-state index in [9.17, 15) is 24.0 Å². The van der Waals surface area contributed by atoms with E-state index >= 15 is 0 Å². The lowest BCUT2D eigenvalue weighted by atomic mass is 10.2. The number of hydrogen-bond donors (Lipinski definition) is 2. The van der Waals surface area contributed by atoms with Crippen LogP contribution in [0.2, 0.25) is 0 Å². The van der Waals surface area contributed by atoms with Gasteiger partial charge in [-0.1, -0.05) is 0 Å². The first kappa shape index (κ1) is 20.7. The summed E-state index contributed by atoms with van der Waals surface area (Å²) in [5, 5.41) is 15.0. The summed E-state index contributed by atoms with van der Waals surface area (Å²) in [6.45, 7) is 5.66. The molecule has 0 aliphatic rings. The van der Waals surface area contributed by atoms with E-state index in [0.29, 0.717) is 19.4 Å². The van der Waals surface area contributed by atoms with Crippen molar-refractivity contribution in [3.8, 4) is 0 Å². The summed E-state index contributed by atoms with van der Waals surface area (Å²) in [6, 6.07) is 3.60. The van der Waals surface area contributed by atoms with Gasteiger partial charge in [-0.2, -0.15) is 0 Å². The number of nitro benzene ring substituents is 1. The predicted molar refractivity (Wildman–Crippen MR) is 91.8 cm³/mol. The number of unbranched alkanes of at least 4 members (excludes halogenated alkanes) is 1. The molecule has 10 heteroatoms. The zero-order chi connectivity index (χ0) is 19.0. The molecule has 0 fully saturated rings. The number of nitrogens with zero attached hydrogens (tertiary/aromatic N) is 1. The highest BCUT2D eigenvalue weighted by Crippen LogP contribution is 2.21. The first-order chi connectivity index (χ1) is 11.6. The third-order valence-corrected chi connectivity index (χ3v) is 4.33. The first-order valence-corrected chi connectivity index (χ1v) is 8.97. The van der Waals surface area contributed by atoms with E-state index in [0.717, 1.165) is 6.07 Å². The normalized spacial score (nSPS) is 12.3. The Morgan fingerprint density at radius 2 is 2.00 bits per heavy atom. The molecule has 1 rings (SSSR count). The first-order valence-electron chi connectivity index (χ1n) is 7.65. The Kier molecular flexibility index (Phi) is 7.62. The van der Waals surface area contributed by atoms with Crippen LogP contribution in [-0.4, -0.2) is 33.1 Å². The van der Waals surface area contributed by atoms with Gasteiger partial charge in [-0.3, -0.25) is 14.3 Å². The molecule has 9 nitrogen and oxygen atoms in total. The summed E-state index contributed by atoms with van der Waals surface area (Å²) in [5.74, 6) is 0.259. The van der Waals surface area contributed by atoms with Crippen LogP contribution in [0, 0.1) is 15.0 Å². The van der Waals surface area contributed by atoms with E-state index in [1.165, 1.54) is 12.1 Å². The van der Waals surface area contributed by atoms with Crippen molar-refractivity contribution >= 4 is 28.3 Å². The number of amides is 1. The van der Waals surface area contributed by atoms with Crippen LogP contribution in [0.1, 0.15) is 33.6 Å². The molecular formula is C15H22N3O6S+. The fourth-order valence-electron chi connectivity index (χ4n) is 1.86. The van der Waals surface area contributed by atoms with Gasteiger partial charge in [0.15, 0.2) is 0 Å². The topological polar surface area (TPSA) is 130 Å². The van der Waals surface area contributed by atoms with Crippen LogP contribution in [0.4, 0.5) is 16.2 Å². The largest absolute Gasteiger partial charge is 0.444 e. The maximum Gasteiger partial charge on any atom is 0.407 e. The van der Waals surface area contributed by atoms with Gasteiger partial charge in [-0.25, -0.2) is 4.79 Å². The van der Waals surface area contributed by atoms with Gasteiger partial charge in [-0.05, 0) is 33.6 Å². The Balaban J connectivity index is 2.47. The van der Waals surface area contributed by atoms with Gasteiger partial charge in [0.25, 0.3) is 11.4 Å². The smallest absolute Gasteiger partial charge is 0.407 e. The predicted octanol–water partition coefficient (Wildman–Crippen LogP) is 1.49. The second-order valence-electron chi connectivity index (χ2n) is 6.26. The van der Waals surface area contributed by atoms with Crippen LogP contribution in [0.25, 0.3) is 0 Å². The molecule has 1 atom stereocenters. The molecule has 0 aromatic heterocycles. The van der Waals surface area contributed by atoms with Crippen molar-refractivity contribution in [3.63, 3.8) is 0 Å². The van der Waals surface area contributed by atoms with Gasteiger partial charge in [-0.15, -0.1) is 0 Å². The van der Waals surface area contributed by atoms with Crippen LogP contribution >= 0.6 is 0 Å². The molecule has 138 valence electrons. The number of nitro groups is 1. The van der Waals surface area contributed by atoms with E-state index < -0.39 is 27.4 Å². The van der Waals surface area contributed by atoms with Crippen molar-refractivity contribution in [3.05, 3.63) is 33.2 Å². The van der Waals surface area contributed by atoms with Gasteiger partial charge in [0, 0.05) is 34.5 Å². The Morgan fingerprint density at radius 3 is 2.56 bits per heavy atom. The van der Waals surface area contributed by atoms with Gasteiger partial charge < -0.3 is 10.1 Å². The zero-order valence-electron chi connectivity index (χ0n) is 14.4. The quantitative estimate of drug-likeness (QED) is 0.404. The monoisotopic (exact) mass is 372 g/mol. The number of hydrogen-bond acceptors (Lipinski definition) is 6. The highest BCUT2D eigenvalue weighted by atomic mass is 32.2. The van der Waals surface area contributed by atoms with Gasteiger partial charge >= 0.3 is 6.09 Å². The molecule has 0 heterocycles. The summed E-state index contributed by atoms with van der Waals surface area (Å²) in [5.41, 5.74) is -0.874. The average molecular weight is 372 g/mol. The molecule has 2 N–H and O–H groups in total. The number of nitrogens with one attached hydrogen (secondary N) is 2. The molecular weight excluding hydrogens is 350 g/mol. The number of non-ortho nitro benzene ring substituents is 1. The maximum atomic E-state index is 12.2. The number of benzene rings is 1. The Labute approximate surface area is 147 Å². The minimum atomic E-state index is -1.48. The number of ether oxygens (including phenoxy) is 1. The third-order valence-electron chi connectivity index (χ3n) is 2.91. The van der Waals surface area contributed by atoms with E-state index in [1.807, 2.05) is 0 Å². The second-order valence-corrected chi connectivity index (χ2v) is 7.83. The summed E-state index contributed by atoms with van der Waals surface area (Å²) >= 11 is 0. The van der Waals surface area contributed by atoms with Crippen molar-refractivity contribution in [1.29, 1.82) is 0 Å². The van der Waals surface area contributed by atoms with Gasteiger partial charge in [0.1, 0.15) is 5.60 Å². The molecule has 1 aromatic carbocycles. The van der Waals surface area contributed by atoms with E-state index in [2.05, 4.69) is 5.32 Å². The van der Waals surface area contributed by atoms with Crippen LogP contribution in [0.3, 0.4) is 0 Å². The number of carbonyl (C=O) groups excluding carboxylic acids is 1. The Bertz CT molecular complexity index is 672. The van der Waals surface area contributed by atoms with Gasteiger partial charge in [0.2, 0.25) is 0 Å². The summed E-state index contributed by atoms with van der Waals surface area (Å²) < 4.78 is 17.3. The molecule has 1 amide bonds. The third kappa shape index (κ3) is 7.84. The molecule has 25 heavy (non-hydrogen) atoms. The molecule has 0 spiro atoms. The lowest BCUT2D eigenvalue weighted by molar-refractivity contribution is -0.392. The molecule has 1 aromatic rings. The molecule has 0 saturated carbocycles. The molecule has 0 aliphatic carbocycles. The number of rotatable bonds is 8. The summed E-state index contributed by atoms with van der Waals surface area (Å²) in [6.07, 6.45) is 0.594. The van der Waals surface area contributed by atoms with Crippen molar-refractivity contribution < 1.29 is 23.8 Å². The van der Waals surface area contributed by atoms with Crippen molar-refractivity contribution in [1.82, 2.24) is 5.32 Å². The number of carbonyl (C=O) groups is 1. The second kappa shape index (κ2) is 9.21. The highest BCUT2D eigenvalue weighted by molar-refractivity contribution is 7.85. The lowest BCUT2D eigenvalue weighted by Gasteiger charge is -2.19. The fraction of sp³-hybridized carbons (Fsp3) is 0.533. The van der Waals surface area contributed by atoms with Gasteiger partial charge in [0.05, 0.1) is 26.7 Å². The molecule has 0 aliphatic heterocycles. The average Bonchev–Trinajstić information content (AvgIpc) is 2.52. The highest BCUT2D eigenvalue weighted by Gasteiger charge is 2.17. The molecule has 0 radical (unpaired) electrons.